The number of ether oxygens (including phenoxy) is 1. The molecule has 1 aliphatic heterocycles. The largest absolute Gasteiger partial charge is 0.480 e. The maximum Gasteiger partial charge on any atom is 0.415 e. The third-order valence-electron chi connectivity index (χ3n) is 7.16. The standard InChI is InChI=1S/C29H35ClN6O6S/c1-4-35(5-2)28-31-19-25(34(3)43(40,41)23-14-10-21(30)11-15-23)26(33-28)32-24(27(37)38)18-20-8-12-22(13-9-20)42-29(39)36-16-6-7-17-36/h8-15,19,24H,4-7,16-18H2,1-3H3,(H,37,38)(H,31,32,33)/t24-/m0/s1. The number of aliphatic carboxylic acids is 1. The highest BCUT2D eigenvalue weighted by Gasteiger charge is 2.28. The summed E-state index contributed by atoms with van der Waals surface area (Å²) in [4.78, 5) is 37.1. The summed E-state index contributed by atoms with van der Waals surface area (Å²) >= 11 is 5.95. The number of hydrogen-bond acceptors (Lipinski definition) is 9. The van der Waals surface area contributed by atoms with Crippen LogP contribution in [0.15, 0.2) is 59.6 Å². The smallest absolute Gasteiger partial charge is 0.415 e. The topological polar surface area (TPSA) is 145 Å². The van der Waals surface area contributed by atoms with E-state index in [1.807, 2.05) is 18.7 Å². The molecule has 1 amide bonds. The zero-order valence-electron chi connectivity index (χ0n) is 24.2. The van der Waals surface area contributed by atoms with Crippen LogP contribution < -0.4 is 19.3 Å². The van der Waals surface area contributed by atoms with Gasteiger partial charge >= 0.3 is 12.1 Å². The first-order valence-corrected chi connectivity index (χ1v) is 15.8. The molecule has 4 rings (SSSR count). The molecule has 1 saturated heterocycles. The summed E-state index contributed by atoms with van der Waals surface area (Å²) in [7, 11) is -2.71. The van der Waals surface area contributed by atoms with Gasteiger partial charge in [-0.3, -0.25) is 4.31 Å². The van der Waals surface area contributed by atoms with E-state index < -0.39 is 28.1 Å². The molecule has 2 N–H and O–H groups in total. The van der Waals surface area contributed by atoms with Crippen molar-refractivity contribution < 1.29 is 27.9 Å². The molecule has 0 radical (unpaired) electrons. The van der Waals surface area contributed by atoms with E-state index in [-0.39, 0.29) is 22.8 Å². The van der Waals surface area contributed by atoms with Crippen molar-refractivity contribution in [1.82, 2.24) is 14.9 Å². The first kappa shape index (κ1) is 31.8. The average molecular weight is 631 g/mol. The van der Waals surface area contributed by atoms with Crippen LogP contribution in [0.3, 0.4) is 0 Å². The molecule has 0 bridgehead atoms. The molecule has 1 aromatic heterocycles. The number of anilines is 3. The molecule has 3 aromatic rings. The van der Waals surface area contributed by atoms with Crippen molar-refractivity contribution in [3.63, 3.8) is 0 Å². The molecule has 2 aromatic carbocycles. The summed E-state index contributed by atoms with van der Waals surface area (Å²) in [5.41, 5.74) is 0.726. The van der Waals surface area contributed by atoms with Crippen molar-refractivity contribution >= 4 is 51.1 Å². The molecule has 0 unspecified atom stereocenters. The first-order valence-electron chi connectivity index (χ1n) is 13.9. The fourth-order valence-electron chi connectivity index (χ4n) is 4.62. The van der Waals surface area contributed by atoms with Gasteiger partial charge in [0.1, 0.15) is 17.5 Å². The summed E-state index contributed by atoms with van der Waals surface area (Å²) in [6.45, 7) is 6.37. The number of hydrogen-bond donors (Lipinski definition) is 2. The van der Waals surface area contributed by atoms with Gasteiger partial charge in [0.25, 0.3) is 10.0 Å². The molecule has 43 heavy (non-hydrogen) atoms. The van der Waals surface area contributed by atoms with Gasteiger partial charge in [-0.25, -0.2) is 23.0 Å². The van der Waals surface area contributed by atoms with E-state index in [0.717, 1.165) is 17.1 Å². The highest BCUT2D eigenvalue weighted by atomic mass is 35.5. The Hall–Kier alpha value is -4.10. The van der Waals surface area contributed by atoms with E-state index in [4.69, 9.17) is 16.3 Å². The van der Waals surface area contributed by atoms with Gasteiger partial charge in [0, 0.05) is 44.7 Å². The molecule has 0 aliphatic carbocycles. The number of rotatable bonds is 12. The van der Waals surface area contributed by atoms with Crippen molar-refractivity contribution in [3.8, 4) is 5.75 Å². The van der Waals surface area contributed by atoms with Crippen molar-refractivity contribution in [2.75, 3.05) is 47.7 Å². The molecule has 14 heteroatoms. The number of carbonyl (C=O) groups is 2. The zero-order chi connectivity index (χ0) is 31.1. The number of nitrogens with one attached hydrogen (secondary N) is 1. The molecule has 1 aliphatic rings. The summed E-state index contributed by atoms with van der Waals surface area (Å²) in [5.74, 6) is -0.444. The number of amides is 1. The number of aromatic nitrogens is 2. The van der Waals surface area contributed by atoms with Crippen LogP contribution in [0.4, 0.5) is 22.2 Å². The van der Waals surface area contributed by atoms with E-state index in [2.05, 4.69) is 15.3 Å². The lowest BCUT2D eigenvalue weighted by Gasteiger charge is -2.26. The molecule has 12 nitrogen and oxygen atoms in total. The molecule has 0 saturated carbocycles. The highest BCUT2D eigenvalue weighted by Crippen LogP contribution is 2.30. The fourth-order valence-corrected chi connectivity index (χ4v) is 5.93. The third-order valence-corrected chi connectivity index (χ3v) is 9.19. The van der Waals surface area contributed by atoms with Gasteiger partial charge in [-0.15, -0.1) is 0 Å². The van der Waals surface area contributed by atoms with Crippen molar-refractivity contribution in [1.29, 1.82) is 0 Å². The average Bonchev–Trinajstić information content (AvgIpc) is 3.54. The number of sulfonamides is 1. The minimum absolute atomic E-state index is 0.00141. The normalized spacial score (nSPS) is 13.8. The van der Waals surface area contributed by atoms with Gasteiger partial charge in [-0.1, -0.05) is 23.7 Å². The van der Waals surface area contributed by atoms with Gasteiger partial charge in [0.2, 0.25) is 5.95 Å². The van der Waals surface area contributed by atoms with Crippen LogP contribution in [0.25, 0.3) is 0 Å². The predicted molar refractivity (Wildman–Crippen MR) is 165 cm³/mol. The second-order valence-electron chi connectivity index (χ2n) is 9.95. The maximum atomic E-state index is 13.5. The number of halogens is 1. The molecule has 2 heterocycles. The van der Waals surface area contributed by atoms with Crippen LogP contribution in [0, 0.1) is 0 Å². The second-order valence-corrected chi connectivity index (χ2v) is 12.4. The Labute approximate surface area is 256 Å². The van der Waals surface area contributed by atoms with Crippen LogP contribution in [0.1, 0.15) is 32.3 Å². The molecule has 0 spiro atoms. The number of nitrogens with zero attached hydrogens (tertiary/aromatic N) is 5. The van der Waals surface area contributed by atoms with Gasteiger partial charge in [-0.2, -0.15) is 4.98 Å². The number of carboxylic acids is 1. The Bertz CT molecular complexity index is 1530. The Morgan fingerprint density at radius 3 is 2.28 bits per heavy atom. The highest BCUT2D eigenvalue weighted by molar-refractivity contribution is 7.92. The summed E-state index contributed by atoms with van der Waals surface area (Å²) in [5, 5.41) is 13.4. The van der Waals surface area contributed by atoms with E-state index in [9.17, 15) is 23.1 Å². The Morgan fingerprint density at radius 2 is 1.70 bits per heavy atom. The molecular weight excluding hydrogens is 596 g/mol. The van der Waals surface area contributed by atoms with Crippen LogP contribution in [0.5, 0.6) is 5.75 Å². The van der Waals surface area contributed by atoms with Crippen LogP contribution in [-0.4, -0.2) is 79.7 Å². The van der Waals surface area contributed by atoms with E-state index in [1.165, 1.54) is 37.5 Å². The monoisotopic (exact) mass is 630 g/mol. The first-order chi connectivity index (χ1) is 20.5. The fraction of sp³-hybridized carbons (Fsp3) is 0.379. The van der Waals surface area contributed by atoms with Crippen LogP contribution in [0.2, 0.25) is 5.02 Å². The van der Waals surface area contributed by atoms with Crippen molar-refractivity contribution in [3.05, 3.63) is 65.3 Å². The minimum atomic E-state index is -4.06. The lowest BCUT2D eigenvalue weighted by molar-refractivity contribution is -0.137. The lowest BCUT2D eigenvalue weighted by atomic mass is 10.1. The van der Waals surface area contributed by atoms with Crippen molar-refractivity contribution in [2.45, 2.75) is 44.0 Å². The summed E-state index contributed by atoms with van der Waals surface area (Å²) in [6, 6.07) is 11.1. The van der Waals surface area contributed by atoms with Gasteiger partial charge in [0.05, 0.1) is 11.1 Å². The lowest BCUT2D eigenvalue weighted by Crippen LogP contribution is -2.35. The number of benzene rings is 2. The number of carboxylic acid groups (broad SMARTS) is 1. The Balaban J connectivity index is 1.60. The SMILES string of the molecule is CCN(CC)c1ncc(N(C)S(=O)(=O)c2ccc(Cl)cc2)c(N[C@@H](Cc2ccc(OC(=O)N3CCCC3)cc2)C(=O)O)n1. The quantitative estimate of drug-likeness (QED) is 0.293. The van der Waals surface area contributed by atoms with Crippen LogP contribution in [-0.2, 0) is 21.2 Å². The van der Waals surface area contributed by atoms with E-state index in [1.54, 1.807) is 29.2 Å². The second kappa shape index (κ2) is 13.9. The predicted octanol–water partition coefficient (Wildman–Crippen LogP) is 4.50. The number of carbonyl (C=O) groups excluding carboxylic acids is 1. The summed E-state index contributed by atoms with van der Waals surface area (Å²) in [6.07, 6.45) is 2.88. The van der Waals surface area contributed by atoms with Gasteiger partial charge in [-0.05, 0) is 68.7 Å². The van der Waals surface area contributed by atoms with Gasteiger partial charge < -0.3 is 25.0 Å². The minimum Gasteiger partial charge on any atom is -0.480 e. The number of likely N-dealkylation sites (tertiary alicyclic amines) is 1. The molecular formula is C29H35ClN6O6S. The molecule has 1 atom stereocenters. The van der Waals surface area contributed by atoms with E-state index >= 15 is 0 Å². The Kier molecular flexibility index (Phi) is 10.3. The Morgan fingerprint density at radius 1 is 1.07 bits per heavy atom. The van der Waals surface area contributed by atoms with E-state index in [0.29, 0.717) is 48.5 Å². The molecule has 1 fully saturated rings. The van der Waals surface area contributed by atoms with Crippen molar-refractivity contribution in [2.24, 2.45) is 0 Å². The van der Waals surface area contributed by atoms with Gasteiger partial charge in [0.15, 0.2) is 5.82 Å². The molecule has 230 valence electrons. The third kappa shape index (κ3) is 7.65. The zero-order valence-corrected chi connectivity index (χ0v) is 25.8. The summed E-state index contributed by atoms with van der Waals surface area (Å²) < 4.78 is 33.4. The maximum absolute atomic E-state index is 13.5. The van der Waals surface area contributed by atoms with Crippen LogP contribution >= 0.6 is 11.6 Å².